The number of carbonyl (C=O) groups is 4. The fourth-order valence-electron chi connectivity index (χ4n) is 7.51. The lowest BCUT2D eigenvalue weighted by molar-refractivity contribution is -0.137. The van der Waals surface area contributed by atoms with E-state index in [9.17, 15) is 36.7 Å². The minimum atomic E-state index is -4.87. The van der Waals surface area contributed by atoms with E-state index in [2.05, 4.69) is 20.9 Å². The number of anilines is 2. The average Bonchev–Trinajstić information content (AvgIpc) is 3.57. The topological polar surface area (TPSA) is 150 Å². The van der Waals surface area contributed by atoms with Crippen LogP contribution < -0.4 is 25.8 Å². The van der Waals surface area contributed by atoms with Crippen molar-refractivity contribution >= 4 is 63.2 Å². The van der Waals surface area contributed by atoms with E-state index in [-0.39, 0.29) is 53.4 Å². The van der Waals surface area contributed by atoms with Gasteiger partial charge in [0.05, 0.1) is 34.0 Å². The zero-order valence-electron chi connectivity index (χ0n) is 32.2. The highest BCUT2D eigenvalue weighted by Crippen LogP contribution is 2.40. The SMILES string of the molecule is CC1(C)C(=O)N(c2ccc(C#N)c(C(F)(F)F)c2)C(=S)N1c1ccc(C(=O)NCCCCC(=O)NCc2ccc(-c3[nH]c4cc(F)cc5c4c3CCNC5=O)cc2)c(F)c1. The van der Waals surface area contributed by atoms with Gasteiger partial charge in [0.15, 0.2) is 5.11 Å². The van der Waals surface area contributed by atoms with E-state index in [0.717, 1.165) is 39.4 Å². The monoisotopic (exact) mass is 841 g/mol. The molecule has 0 aliphatic carbocycles. The lowest BCUT2D eigenvalue weighted by Gasteiger charge is -2.29. The minimum Gasteiger partial charge on any atom is -0.354 e. The molecule has 1 fully saturated rings. The first-order valence-electron chi connectivity index (χ1n) is 18.9. The molecule has 2 aliphatic rings. The minimum absolute atomic E-state index is 0.0866. The number of hydrogen-bond donors (Lipinski definition) is 4. The summed E-state index contributed by atoms with van der Waals surface area (Å²) in [6, 6.07) is 18.0. The van der Waals surface area contributed by atoms with Crippen LogP contribution in [0.3, 0.4) is 0 Å². The number of amides is 4. The molecule has 0 unspecified atom stereocenters. The van der Waals surface area contributed by atoms with Gasteiger partial charge >= 0.3 is 6.18 Å². The maximum absolute atomic E-state index is 15.4. The number of halogens is 5. The maximum Gasteiger partial charge on any atom is 0.417 e. The van der Waals surface area contributed by atoms with Gasteiger partial charge < -0.3 is 25.8 Å². The van der Waals surface area contributed by atoms with Gasteiger partial charge in [-0.15, -0.1) is 0 Å². The third-order valence-electron chi connectivity index (χ3n) is 10.5. The summed E-state index contributed by atoms with van der Waals surface area (Å²) < 4.78 is 70.7. The molecule has 0 spiro atoms. The van der Waals surface area contributed by atoms with Crippen LogP contribution >= 0.6 is 12.2 Å². The Hall–Kier alpha value is -6.67. The molecule has 5 aromatic rings. The Bertz CT molecular complexity index is 2640. The third-order valence-corrected chi connectivity index (χ3v) is 10.9. The molecule has 0 bridgehead atoms. The second kappa shape index (κ2) is 16.2. The normalized spacial score (nSPS) is 14.9. The third kappa shape index (κ3) is 7.90. The Labute approximate surface area is 345 Å². The number of nitrogens with one attached hydrogen (secondary N) is 4. The predicted molar refractivity (Wildman–Crippen MR) is 217 cm³/mol. The maximum atomic E-state index is 15.4. The summed E-state index contributed by atoms with van der Waals surface area (Å²) in [5.74, 6) is -3.34. The van der Waals surface area contributed by atoms with E-state index < -0.39 is 46.3 Å². The van der Waals surface area contributed by atoms with Crippen molar-refractivity contribution in [2.75, 3.05) is 22.9 Å². The van der Waals surface area contributed by atoms with E-state index >= 15 is 4.39 Å². The van der Waals surface area contributed by atoms with Gasteiger partial charge in [-0.2, -0.15) is 18.4 Å². The van der Waals surface area contributed by atoms with Gasteiger partial charge in [0.2, 0.25) is 5.91 Å². The van der Waals surface area contributed by atoms with Crippen LogP contribution in [0.4, 0.5) is 33.3 Å². The zero-order valence-corrected chi connectivity index (χ0v) is 33.0. The van der Waals surface area contributed by atoms with Crippen molar-refractivity contribution in [2.45, 2.75) is 57.8 Å². The Morgan fingerprint density at radius 2 is 1.68 bits per heavy atom. The molecular weight excluding hydrogens is 806 g/mol. The molecule has 1 aromatic heterocycles. The van der Waals surface area contributed by atoms with Crippen LogP contribution in [0.15, 0.2) is 72.8 Å². The molecule has 0 saturated carbocycles. The van der Waals surface area contributed by atoms with Crippen LogP contribution in [0.1, 0.15) is 76.1 Å². The lowest BCUT2D eigenvalue weighted by Crippen LogP contribution is -2.44. The van der Waals surface area contributed by atoms with Gasteiger partial charge in [0.1, 0.15) is 17.2 Å². The molecule has 1 saturated heterocycles. The van der Waals surface area contributed by atoms with E-state index in [4.69, 9.17) is 17.5 Å². The number of nitriles is 1. The van der Waals surface area contributed by atoms with Crippen molar-refractivity contribution in [1.82, 2.24) is 20.9 Å². The van der Waals surface area contributed by atoms with Crippen molar-refractivity contribution in [1.29, 1.82) is 5.26 Å². The summed E-state index contributed by atoms with van der Waals surface area (Å²) in [6.07, 6.45) is -3.25. The van der Waals surface area contributed by atoms with Gasteiger partial charge in [-0.3, -0.25) is 24.1 Å². The number of unbranched alkanes of at least 4 members (excludes halogenated alkanes) is 1. The summed E-state index contributed by atoms with van der Waals surface area (Å²) >= 11 is 5.51. The molecule has 2 aliphatic heterocycles. The number of hydrogen-bond acceptors (Lipinski definition) is 6. The number of aromatic amines is 1. The van der Waals surface area contributed by atoms with Gasteiger partial charge in [-0.1, -0.05) is 24.3 Å². The molecule has 11 nitrogen and oxygen atoms in total. The van der Waals surface area contributed by atoms with Gasteiger partial charge in [-0.05, 0) is 111 Å². The number of alkyl halides is 3. The lowest BCUT2D eigenvalue weighted by atomic mass is 9.99. The van der Waals surface area contributed by atoms with Crippen LogP contribution in [-0.4, -0.2) is 52.4 Å². The van der Waals surface area contributed by atoms with Crippen LogP contribution in [0, 0.1) is 23.0 Å². The predicted octanol–water partition coefficient (Wildman–Crippen LogP) is 7.42. The van der Waals surface area contributed by atoms with Gasteiger partial charge in [-0.25, -0.2) is 8.78 Å². The summed E-state index contributed by atoms with van der Waals surface area (Å²) in [5.41, 5.74) is 0.536. The van der Waals surface area contributed by atoms with Crippen molar-refractivity contribution < 1.29 is 41.1 Å². The van der Waals surface area contributed by atoms with E-state index in [1.54, 1.807) is 0 Å². The molecule has 4 amide bonds. The molecule has 7 rings (SSSR count). The second-order valence-electron chi connectivity index (χ2n) is 14.9. The number of H-pyrrole nitrogens is 1. The highest BCUT2D eigenvalue weighted by Gasteiger charge is 2.51. The zero-order chi connectivity index (χ0) is 43.1. The van der Waals surface area contributed by atoms with Crippen LogP contribution in [0.25, 0.3) is 22.2 Å². The number of benzene rings is 4. The van der Waals surface area contributed by atoms with Crippen molar-refractivity contribution in [3.05, 3.63) is 118 Å². The number of thiocarbonyl (C=S) groups is 1. The highest BCUT2D eigenvalue weighted by atomic mass is 32.1. The van der Waals surface area contributed by atoms with Crippen LogP contribution in [-0.2, 0) is 28.7 Å². The van der Waals surface area contributed by atoms with Crippen LogP contribution in [0.2, 0.25) is 0 Å². The van der Waals surface area contributed by atoms with Crippen molar-refractivity contribution in [3.63, 3.8) is 0 Å². The Kier molecular flexibility index (Phi) is 11.2. The van der Waals surface area contributed by atoms with E-state index in [1.165, 1.54) is 55.1 Å². The Morgan fingerprint density at radius 3 is 2.38 bits per heavy atom. The average molecular weight is 842 g/mol. The Morgan fingerprint density at radius 1 is 0.950 bits per heavy atom. The molecule has 308 valence electrons. The Balaban J connectivity index is 0.896. The standard InChI is InChI=1S/C43H36F5N7O4S/c1-42(2)40(59)54(27-11-10-25(21-49)32(19-27)43(46,47)48)41(60)55(42)28-12-13-29(33(45)20-28)38(57)50-15-4-3-5-35(56)52-22-23-6-8-24(9-7-23)37-30-14-16-51-39(58)31-17-26(44)18-34(53-37)36(30)31/h6-13,17-20,53H,3-5,14-16,22H2,1-2H3,(H,50,57)(H,51,58)(H,52,56). The summed E-state index contributed by atoms with van der Waals surface area (Å²) in [4.78, 5) is 56.9. The molecule has 4 aromatic carbocycles. The number of carbonyl (C=O) groups excluding carboxylic acids is 4. The molecule has 17 heteroatoms. The molecule has 4 N–H and O–H groups in total. The summed E-state index contributed by atoms with van der Waals surface area (Å²) in [5, 5.41) is 18.0. The quantitative estimate of drug-likeness (QED) is 0.0614. The molecule has 60 heavy (non-hydrogen) atoms. The van der Waals surface area contributed by atoms with Crippen molar-refractivity contribution in [2.24, 2.45) is 0 Å². The summed E-state index contributed by atoms with van der Waals surface area (Å²) in [6.45, 7) is 3.79. The smallest absolute Gasteiger partial charge is 0.354 e. The largest absolute Gasteiger partial charge is 0.417 e. The van der Waals surface area contributed by atoms with Crippen LogP contribution in [0.5, 0.6) is 0 Å². The fourth-order valence-corrected chi connectivity index (χ4v) is 8.03. The highest BCUT2D eigenvalue weighted by molar-refractivity contribution is 7.81. The fraction of sp³-hybridized carbons (Fsp3) is 0.256. The first kappa shape index (κ1) is 41.5. The van der Waals surface area contributed by atoms with E-state index in [0.29, 0.717) is 48.3 Å². The molecule has 0 atom stereocenters. The van der Waals surface area contributed by atoms with Gasteiger partial charge in [0.25, 0.3) is 17.7 Å². The van der Waals surface area contributed by atoms with E-state index in [1.807, 2.05) is 24.3 Å². The number of aromatic nitrogens is 1. The van der Waals surface area contributed by atoms with Gasteiger partial charge in [0, 0.05) is 48.3 Å². The molecular formula is C43H36F5N7O4S. The first-order chi connectivity index (χ1) is 28.5. The summed E-state index contributed by atoms with van der Waals surface area (Å²) in [7, 11) is 0. The molecule has 0 radical (unpaired) electrons. The van der Waals surface area contributed by atoms with Crippen molar-refractivity contribution in [3.8, 4) is 17.3 Å². The number of nitrogens with zero attached hydrogens (tertiary/aromatic N) is 3. The second-order valence-corrected chi connectivity index (χ2v) is 15.2. The first-order valence-corrected chi connectivity index (χ1v) is 19.3. The molecule has 3 heterocycles. The number of rotatable bonds is 11.